The van der Waals surface area contributed by atoms with Crippen molar-refractivity contribution in [3.63, 3.8) is 0 Å². The molecule has 1 aromatic carbocycles. The van der Waals surface area contributed by atoms with E-state index in [1.54, 1.807) is 4.57 Å². The summed E-state index contributed by atoms with van der Waals surface area (Å²) < 4.78 is 43.8. The fraction of sp³-hybridized carbons (Fsp3) is 0.455. The van der Waals surface area contributed by atoms with E-state index >= 15 is 0 Å². The van der Waals surface area contributed by atoms with Gasteiger partial charge in [-0.05, 0) is 32.1 Å². The number of fused-ring (bicyclic) bond motifs is 1. The molecule has 1 fully saturated rings. The molecule has 1 aliphatic carbocycles. The minimum atomic E-state index is -1.10. The minimum Gasteiger partial charge on any atom is -0.394 e. The number of imidazole rings is 1. The van der Waals surface area contributed by atoms with Crippen molar-refractivity contribution in [2.75, 3.05) is 17.2 Å². The zero-order valence-electron chi connectivity index (χ0n) is 18.6. The molecular formula is C22H26F3N7O2. The fourth-order valence-corrected chi connectivity index (χ4v) is 4.25. The van der Waals surface area contributed by atoms with E-state index in [4.69, 9.17) is 5.73 Å². The van der Waals surface area contributed by atoms with Crippen molar-refractivity contribution in [3.8, 4) is 0 Å². The predicted molar refractivity (Wildman–Crippen MR) is 120 cm³/mol. The fourth-order valence-electron chi connectivity index (χ4n) is 4.25. The topological polar surface area (TPSA) is 131 Å². The number of hydrogen-bond acceptors (Lipinski definition) is 7. The lowest BCUT2D eigenvalue weighted by Crippen LogP contribution is -2.29. The predicted octanol–water partition coefficient (Wildman–Crippen LogP) is 3.39. The molecule has 1 amide bonds. The summed E-state index contributed by atoms with van der Waals surface area (Å²) in [6.45, 7) is 1.80. The first-order valence-corrected chi connectivity index (χ1v) is 11.1. The first kappa shape index (κ1) is 23.7. The molecule has 0 aliphatic heterocycles. The molecule has 12 heteroatoms. The first-order valence-electron chi connectivity index (χ1n) is 11.1. The first-order chi connectivity index (χ1) is 16.3. The van der Waals surface area contributed by atoms with Crippen LogP contribution in [0.15, 0.2) is 18.3 Å². The van der Waals surface area contributed by atoms with Crippen molar-refractivity contribution in [3.05, 3.63) is 35.8 Å². The number of amides is 1. The standard InChI is InChI=1S/C22H26F3N7O2/c1-2-13(10-33)28-21-27-9-17-20(31-21)32(14-5-3-11(4-6-14)19(26)34)22(29-17)30-18-15(24)7-12(23)8-16(18)25/h7-9,11,13-14,33H,2-6,10H2,1H3,(H2,26,34)(H,29,30)(H,27,28,31)/t11?,13-,14?/m0/s1. The van der Waals surface area contributed by atoms with Gasteiger partial charge in [0.2, 0.25) is 17.8 Å². The molecule has 182 valence electrons. The monoisotopic (exact) mass is 477 g/mol. The van der Waals surface area contributed by atoms with Crippen LogP contribution in [0.4, 0.5) is 30.8 Å². The molecule has 1 atom stereocenters. The van der Waals surface area contributed by atoms with Gasteiger partial charge in [0.1, 0.15) is 17.0 Å². The number of nitrogens with zero attached hydrogens (tertiary/aromatic N) is 4. The second kappa shape index (κ2) is 9.84. The molecule has 0 spiro atoms. The van der Waals surface area contributed by atoms with Crippen LogP contribution in [-0.2, 0) is 4.79 Å². The largest absolute Gasteiger partial charge is 0.394 e. The Kier molecular flexibility index (Phi) is 6.87. The number of carbonyl (C=O) groups is 1. The van der Waals surface area contributed by atoms with Gasteiger partial charge in [-0.1, -0.05) is 6.92 Å². The van der Waals surface area contributed by atoms with Crippen molar-refractivity contribution in [1.29, 1.82) is 0 Å². The number of benzene rings is 1. The number of nitrogens with one attached hydrogen (secondary N) is 2. The molecule has 1 aliphatic rings. The highest BCUT2D eigenvalue weighted by molar-refractivity contribution is 5.78. The third kappa shape index (κ3) is 4.76. The Morgan fingerprint density at radius 3 is 2.47 bits per heavy atom. The molecular weight excluding hydrogens is 451 g/mol. The van der Waals surface area contributed by atoms with Crippen molar-refractivity contribution in [1.82, 2.24) is 19.5 Å². The normalized spacial score (nSPS) is 19.2. The van der Waals surface area contributed by atoms with E-state index in [0.29, 0.717) is 55.4 Å². The van der Waals surface area contributed by atoms with Gasteiger partial charge in [0.05, 0.1) is 18.8 Å². The SMILES string of the molecule is CC[C@@H](CO)Nc1ncc2nc(Nc3c(F)cc(F)cc3F)n(C3CCC(C(N)=O)CC3)c2n1. The van der Waals surface area contributed by atoms with E-state index < -0.39 is 23.1 Å². The number of anilines is 3. The van der Waals surface area contributed by atoms with Crippen LogP contribution < -0.4 is 16.4 Å². The zero-order valence-corrected chi connectivity index (χ0v) is 18.6. The molecule has 4 rings (SSSR count). The number of aliphatic hydroxyl groups excluding tert-OH is 1. The van der Waals surface area contributed by atoms with Gasteiger partial charge >= 0.3 is 0 Å². The number of nitrogens with two attached hydrogens (primary N) is 1. The minimum absolute atomic E-state index is 0.107. The van der Waals surface area contributed by atoms with Gasteiger partial charge < -0.3 is 21.5 Å². The van der Waals surface area contributed by atoms with Crippen molar-refractivity contribution < 1.29 is 23.1 Å². The van der Waals surface area contributed by atoms with Crippen LogP contribution in [0, 0.1) is 23.4 Å². The Balaban J connectivity index is 1.76. The molecule has 2 aromatic heterocycles. The van der Waals surface area contributed by atoms with Crippen LogP contribution in [-0.4, -0.2) is 43.2 Å². The summed E-state index contributed by atoms with van der Waals surface area (Å²) in [6, 6.07) is 0.730. The lowest BCUT2D eigenvalue weighted by Gasteiger charge is -2.29. The highest BCUT2D eigenvalue weighted by atomic mass is 19.1. The molecule has 0 radical (unpaired) electrons. The van der Waals surface area contributed by atoms with Crippen LogP contribution in [0.2, 0.25) is 0 Å². The summed E-state index contributed by atoms with van der Waals surface area (Å²) in [5.74, 6) is -3.45. The maximum atomic E-state index is 14.4. The molecule has 9 nitrogen and oxygen atoms in total. The highest BCUT2D eigenvalue weighted by Gasteiger charge is 2.29. The van der Waals surface area contributed by atoms with E-state index in [1.807, 2.05) is 6.92 Å². The number of hydrogen-bond donors (Lipinski definition) is 4. The number of aromatic nitrogens is 4. The van der Waals surface area contributed by atoms with Crippen LogP contribution in [0.1, 0.15) is 45.1 Å². The maximum absolute atomic E-state index is 14.4. The summed E-state index contributed by atoms with van der Waals surface area (Å²) in [4.78, 5) is 24.8. The Morgan fingerprint density at radius 1 is 1.21 bits per heavy atom. The van der Waals surface area contributed by atoms with Crippen molar-refractivity contribution >= 4 is 34.7 Å². The van der Waals surface area contributed by atoms with E-state index in [1.165, 1.54) is 6.20 Å². The maximum Gasteiger partial charge on any atom is 0.225 e. The second-order valence-electron chi connectivity index (χ2n) is 8.42. The molecule has 0 saturated heterocycles. The summed E-state index contributed by atoms with van der Waals surface area (Å²) in [5, 5.41) is 15.2. The average Bonchev–Trinajstić information content (AvgIpc) is 3.17. The van der Waals surface area contributed by atoms with E-state index in [9.17, 15) is 23.1 Å². The average molecular weight is 477 g/mol. The molecule has 5 N–H and O–H groups in total. The lowest BCUT2D eigenvalue weighted by atomic mass is 9.85. The van der Waals surface area contributed by atoms with E-state index in [-0.39, 0.29) is 42.4 Å². The number of aliphatic hydroxyl groups is 1. The summed E-state index contributed by atoms with van der Waals surface area (Å²) in [5.41, 5.74) is 5.71. The summed E-state index contributed by atoms with van der Waals surface area (Å²) in [7, 11) is 0. The van der Waals surface area contributed by atoms with E-state index in [2.05, 4.69) is 25.6 Å². The van der Waals surface area contributed by atoms with Crippen molar-refractivity contribution in [2.24, 2.45) is 11.7 Å². The second-order valence-corrected chi connectivity index (χ2v) is 8.42. The number of carbonyl (C=O) groups excluding carboxylic acids is 1. The van der Waals surface area contributed by atoms with Gasteiger partial charge in [-0.3, -0.25) is 9.36 Å². The van der Waals surface area contributed by atoms with E-state index in [0.717, 1.165) is 0 Å². The molecule has 1 saturated carbocycles. The Hall–Kier alpha value is -3.41. The number of halogens is 3. The Morgan fingerprint density at radius 2 is 1.88 bits per heavy atom. The van der Waals surface area contributed by atoms with Gasteiger partial charge in [0.15, 0.2) is 17.3 Å². The van der Waals surface area contributed by atoms with Crippen molar-refractivity contribution in [2.45, 2.75) is 51.1 Å². The molecule has 34 heavy (non-hydrogen) atoms. The molecule has 0 bridgehead atoms. The third-order valence-electron chi connectivity index (χ3n) is 6.19. The van der Waals surface area contributed by atoms with Gasteiger partial charge in [-0.2, -0.15) is 4.98 Å². The van der Waals surface area contributed by atoms with Crippen LogP contribution in [0.3, 0.4) is 0 Å². The Bertz CT molecular complexity index is 1170. The number of rotatable bonds is 8. The molecule has 0 unspecified atom stereocenters. The number of primary amides is 1. The quantitative estimate of drug-likeness (QED) is 0.391. The van der Waals surface area contributed by atoms with Crippen LogP contribution in [0.5, 0.6) is 0 Å². The van der Waals surface area contributed by atoms with Crippen LogP contribution in [0.25, 0.3) is 11.2 Å². The molecule has 2 heterocycles. The zero-order chi connectivity index (χ0) is 24.4. The van der Waals surface area contributed by atoms with Gasteiger partial charge in [0.25, 0.3) is 0 Å². The molecule has 3 aromatic rings. The highest BCUT2D eigenvalue weighted by Crippen LogP contribution is 2.37. The smallest absolute Gasteiger partial charge is 0.225 e. The van der Waals surface area contributed by atoms with Gasteiger partial charge in [-0.25, -0.2) is 23.1 Å². The van der Waals surface area contributed by atoms with Crippen LogP contribution >= 0.6 is 0 Å². The lowest BCUT2D eigenvalue weighted by molar-refractivity contribution is -0.122. The summed E-state index contributed by atoms with van der Waals surface area (Å²) in [6.07, 6.45) is 4.37. The summed E-state index contributed by atoms with van der Waals surface area (Å²) >= 11 is 0. The van der Waals surface area contributed by atoms with Gasteiger partial charge in [0, 0.05) is 24.1 Å². The van der Waals surface area contributed by atoms with Gasteiger partial charge in [-0.15, -0.1) is 0 Å². The Labute approximate surface area is 193 Å². The third-order valence-corrected chi connectivity index (χ3v) is 6.19.